The maximum Gasteiger partial charge on any atom is 0.190 e. The molecule has 0 radical (unpaired) electrons. The fraction of sp³-hybridized carbons (Fsp3) is 0.375. The molecule has 0 spiro atoms. The number of carbonyl (C=O) groups is 1. The Bertz CT molecular complexity index is 2020. The summed E-state index contributed by atoms with van der Waals surface area (Å²) >= 11 is 0. The van der Waals surface area contributed by atoms with Gasteiger partial charge in [-0.05, 0) is 70.6 Å². The van der Waals surface area contributed by atoms with E-state index < -0.39 is 24.4 Å². The summed E-state index contributed by atoms with van der Waals surface area (Å²) in [4.78, 5) is 16.1. The third-order valence-corrected chi connectivity index (χ3v) is 9.70. The van der Waals surface area contributed by atoms with Gasteiger partial charge in [0.05, 0.1) is 17.5 Å². The molecule has 49 heavy (non-hydrogen) atoms. The topological polar surface area (TPSA) is 135 Å². The largest absolute Gasteiger partial charge is 0.465 e. The summed E-state index contributed by atoms with van der Waals surface area (Å²) in [7, 11) is 0. The Balaban J connectivity index is 1.20. The second-order valence-electron chi connectivity index (χ2n) is 13.2. The van der Waals surface area contributed by atoms with Gasteiger partial charge in [-0.2, -0.15) is 0 Å². The van der Waals surface area contributed by atoms with Crippen molar-refractivity contribution in [2.24, 2.45) is 11.7 Å². The molecule has 0 fully saturated rings. The van der Waals surface area contributed by atoms with Crippen molar-refractivity contribution >= 4 is 22.8 Å². The zero-order valence-corrected chi connectivity index (χ0v) is 27.7. The molecule has 3 aliphatic heterocycles. The SMILES string of the molecule is CCCCCC(O)CC(=O)CCc1ccc2c(c1)OC1C(C#CC(O)c3ccc4c(c3Cc3c[nH]c5cn1cc35)C=CNC4N)CC#CO2. The van der Waals surface area contributed by atoms with Crippen molar-refractivity contribution in [1.29, 1.82) is 0 Å². The van der Waals surface area contributed by atoms with Gasteiger partial charge in [0.2, 0.25) is 0 Å². The van der Waals surface area contributed by atoms with E-state index >= 15 is 0 Å². The Morgan fingerprint density at radius 2 is 2.02 bits per heavy atom. The molecule has 2 bridgehead atoms. The first-order valence-electron chi connectivity index (χ1n) is 17.2. The maximum absolute atomic E-state index is 12.7. The predicted octanol–water partition coefficient (Wildman–Crippen LogP) is 5.91. The van der Waals surface area contributed by atoms with Gasteiger partial charge in [-0.25, -0.2) is 0 Å². The molecule has 9 heteroatoms. The van der Waals surface area contributed by atoms with Crippen LogP contribution in [0.5, 0.6) is 11.5 Å². The molecule has 0 saturated heterocycles. The highest BCUT2D eigenvalue weighted by Gasteiger charge is 2.29. The van der Waals surface area contributed by atoms with E-state index in [9.17, 15) is 15.0 Å². The van der Waals surface area contributed by atoms with Gasteiger partial charge in [-0.3, -0.25) is 4.79 Å². The molecule has 0 aliphatic carbocycles. The Morgan fingerprint density at radius 3 is 2.90 bits per heavy atom. The van der Waals surface area contributed by atoms with Gasteiger partial charge < -0.3 is 40.3 Å². The highest BCUT2D eigenvalue weighted by Crippen LogP contribution is 2.38. The molecule has 7 rings (SSSR count). The molecule has 6 N–H and O–H groups in total. The minimum absolute atomic E-state index is 0.0413. The molecule has 4 aromatic rings. The zero-order chi connectivity index (χ0) is 33.9. The molecular weight excluding hydrogens is 616 g/mol. The predicted molar refractivity (Wildman–Crippen MR) is 188 cm³/mol. The third kappa shape index (κ3) is 6.97. The normalized spacial score (nSPS) is 21.1. The van der Waals surface area contributed by atoms with E-state index in [4.69, 9.17) is 15.2 Å². The van der Waals surface area contributed by atoms with Crippen LogP contribution in [0.25, 0.3) is 17.0 Å². The number of ketones is 1. The molecule has 2 aromatic carbocycles. The van der Waals surface area contributed by atoms with E-state index in [0.717, 1.165) is 63.5 Å². The number of H-pyrrole nitrogens is 1. The molecule has 0 amide bonds. The van der Waals surface area contributed by atoms with Crippen LogP contribution in [-0.4, -0.2) is 31.7 Å². The van der Waals surface area contributed by atoms with Crippen molar-refractivity contribution in [2.75, 3.05) is 0 Å². The van der Waals surface area contributed by atoms with Crippen LogP contribution in [0.3, 0.4) is 0 Å². The quantitative estimate of drug-likeness (QED) is 0.111. The number of fused-ring (bicyclic) bond motifs is 7. The van der Waals surface area contributed by atoms with Crippen LogP contribution in [0.1, 0.15) is 104 Å². The van der Waals surface area contributed by atoms with Gasteiger partial charge >= 0.3 is 0 Å². The fourth-order valence-electron chi connectivity index (χ4n) is 6.99. The zero-order valence-electron chi connectivity index (χ0n) is 27.7. The van der Waals surface area contributed by atoms with Gasteiger partial charge in [0.15, 0.2) is 17.7 Å². The van der Waals surface area contributed by atoms with Gasteiger partial charge in [0, 0.05) is 49.7 Å². The van der Waals surface area contributed by atoms with Crippen molar-refractivity contribution in [1.82, 2.24) is 14.9 Å². The lowest BCUT2D eigenvalue weighted by molar-refractivity contribution is -0.121. The first-order valence-corrected chi connectivity index (χ1v) is 17.2. The van der Waals surface area contributed by atoms with E-state index in [1.54, 1.807) is 0 Å². The number of nitrogens with one attached hydrogen (secondary N) is 2. The van der Waals surface area contributed by atoms with Crippen LogP contribution in [0.4, 0.5) is 0 Å². The number of Topliss-reactive ketones (excluding diaryl/α,β-unsaturated/α-hetero) is 1. The van der Waals surface area contributed by atoms with Crippen molar-refractivity contribution < 1.29 is 24.5 Å². The smallest absolute Gasteiger partial charge is 0.190 e. The molecule has 5 heterocycles. The van der Waals surface area contributed by atoms with E-state index in [2.05, 4.69) is 47.3 Å². The van der Waals surface area contributed by atoms with Gasteiger partial charge in [-0.15, -0.1) is 0 Å². The Labute approximate surface area is 286 Å². The molecule has 252 valence electrons. The summed E-state index contributed by atoms with van der Waals surface area (Å²) in [6, 6.07) is 9.52. The summed E-state index contributed by atoms with van der Waals surface area (Å²) in [6.45, 7) is 2.12. The summed E-state index contributed by atoms with van der Waals surface area (Å²) < 4.78 is 14.6. The average Bonchev–Trinajstić information content (AvgIpc) is 3.70. The van der Waals surface area contributed by atoms with Crippen molar-refractivity contribution in [2.45, 2.75) is 89.3 Å². The summed E-state index contributed by atoms with van der Waals surface area (Å²) in [5.74, 6) is 10.2. The third-order valence-electron chi connectivity index (χ3n) is 9.70. The van der Waals surface area contributed by atoms with Crippen molar-refractivity contribution in [3.8, 4) is 35.4 Å². The number of nitrogens with two attached hydrogens (primary N) is 1. The fourth-order valence-corrected chi connectivity index (χ4v) is 6.99. The number of aliphatic hydroxyl groups is 2. The van der Waals surface area contributed by atoms with Crippen molar-refractivity contribution in [3.63, 3.8) is 0 Å². The number of hydrogen-bond acceptors (Lipinski definition) is 7. The monoisotopic (exact) mass is 658 g/mol. The second-order valence-corrected chi connectivity index (χ2v) is 13.2. The van der Waals surface area contributed by atoms with Crippen LogP contribution < -0.4 is 20.5 Å². The van der Waals surface area contributed by atoms with Crippen LogP contribution in [0, 0.1) is 29.8 Å². The number of unbranched alkanes of at least 4 members (excludes halogenated alkanes) is 2. The first kappa shape index (κ1) is 32.6. The van der Waals surface area contributed by atoms with Crippen LogP contribution in [0.2, 0.25) is 0 Å². The summed E-state index contributed by atoms with van der Waals surface area (Å²) in [5.41, 5.74) is 13.0. The lowest BCUT2D eigenvalue weighted by atomic mass is 9.87. The number of nitrogens with zero attached hydrogens (tertiary/aromatic N) is 1. The number of rotatable bonds is 9. The number of hydrogen-bond donors (Lipinski definition) is 5. The summed E-state index contributed by atoms with van der Waals surface area (Å²) in [5, 5.41) is 26.0. The molecule has 0 saturated carbocycles. The number of aliphatic hydroxyl groups excluding tert-OH is 2. The highest BCUT2D eigenvalue weighted by atomic mass is 16.5. The average molecular weight is 659 g/mol. The molecule has 5 atom stereocenters. The Morgan fingerprint density at radius 1 is 1.14 bits per heavy atom. The number of aromatic amines is 1. The van der Waals surface area contributed by atoms with Crippen LogP contribution >= 0.6 is 0 Å². The van der Waals surface area contributed by atoms with Gasteiger partial charge in [-0.1, -0.05) is 62.1 Å². The number of carbonyl (C=O) groups excluding carboxylic acids is 1. The van der Waals surface area contributed by atoms with E-state index in [-0.39, 0.29) is 18.4 Å². The van der Waals surface area contributed by atoms with Gasteiger partial charge in [0.25, 0.3) is 0 Å². The molecule has 2 aromatic heterocycles. The van der Waals surface area contributed by atoms with E-state index in [1.807, 2.05) is 59.6 Å². The highest BCUT2D eigenvalue weighted by molar-refractivity contribution is 5.84. The Kier molecular flexibility index (Phi) is 9.50. The van der Waals surface area contributed by atoms with Crippen LogP contribution in [0.15, 0.2) is 55.1 Å². The number of benzene rings is 2. The second kappa shape index (κ2) is 14.3. The van der Waals surface area contributed by atoms with Crippen molar-refractivity contribution in [3.05, 3.63) is 88.5 Å². The maximum atomic E-state index is 12.7. The molecular formula is C40H42N4O5. The first-order chi connectivity index (χ1) is 23.9. The number of aromatic nitrogens is 2. The van der Waals surface area contributed by atoms with E-state index in [1.165, 1.54) is 0 Å². The lowest BCUT2D eigenvalue weighted by Gasteiger charge is -2.26. The number of ether oxygens (including phenoxy) is 2. The Hall–Kier alpha value is -4.93. The molecule has 5 unspecified atom stereocenters. The minimum atomic E-state index is -1.04. The minimum Gasteiger partial charge on any atom is -0.465 e. The lowest BCUT2D eigenvalue weighted by Crippen LogP contribution is -2.28. The van der Waals surface area contributed by atoms with Gasteiger partial charge in [0.1, 0.15) is 24.2 Å². The molecule has 3 aliphatic rings. The molecule has 9 nitrogen and oxygen atoms in total. The van der Waals surface area contributed by atoms with Crippen LogP contribution in [-0.2, 0) is 17.6 Å². The standard InChI is InChI=1S/C40H42N4O5/c1-2-3-4-7-28(45)21-29(46)11-8-25-9-15-37-38(19-25)49-40-26(6-5-18-48-37)10-14-36(47)31-12-13-32-30(16-17-42-39(32)41)33(31)20-27-22-43-35-24-44(40)23-34(27)35/h9,12-13,15-17,19,22-24,26,28,36,39-40,42-43,45,47H,2-4,6-8,11,20-21,41H2,1H3. The number of aryl methyl sites for hydroxylation is 1. The summed E-state index contributed by atoms with van der Waals surface area (Å²) in [6.07, 6.45) is 15.9. The van der Waals surface area contributed by atoms with E-state index in [0.29, 0.717) is 43.6 Å².